The first-order valence-corrected chi connectivity index (χ1v) is 12.6. The lowest BCUT2D eigenvalue weighted by Crippen LogP contribution is -2.20. The molecular weight excluding hydrogens is 534 g/mol. The van der Waals surface area contributed by atoms with Crippen LogP contribution in [0.3, 0.4) is 0 Å². The number of aromatic nitrogens is 2. The van der Waals surface area contributed by atoms with E-state index in [9.17, 15) is 4.79 Å². The molecule has 0 spiro atoms. The van der Waals surface area contributed by atoms with Gasteiger partial charge in [-0.25, -0.2) is 4.98 Å². The Bertz CT molecular complexity index is 1700. The Kier molecular flexibility index (Phi) is 6.60. The molecule has 188 valence electrons. The lowest BCUT2D eigenvalue weighted by Gasteiger charge is -2.20. The van der Waals surface area contributed by atoms with Crippen molar-refractivity contribution in [2.24, 2.45) is 10.5 Å². The van der Waals surface area contributed by atoms with Gasteiger partial charge in [-0.3, -0.25) is 4.79 Å². The molecule has 0 amide bonds. The lowest BCUT2D eigenvalue weighted by atomic mass is 9.99. The average molecular weight is 560 g/mol. The molecule has 7 nitrogen and oxygen atoms in total. The van der Waals surface area contributed by atoms with Crippen LogP contribution in [0.4, 0.5) is 0 Å². The zero-order valence-corrected chi connectivity index (χ0v) is 22.6. The smallest absolute Gasteiger partial charge is 0.282 e. The van der Waals surface area contributed by atoms with Crippen molar-refractivity contribution in [2.45, 2.75) is 20.8 Å². The number of hydrogen-bond donors (Lipinski definition) is 0. The van der Waals surface area contributed by atoms with Crippen molar-refractivity contribution >= 4 is 44.0 Å². The van der Waals surface area contributed by atoms with Gasteiger partial charge in [0.1, 0.15) is 5.58 Å². The number of fused-ring (bicyclic) bond motifs is 2. The van der Waals surface area contributed by atoms with Gasteiger partial charge in [-0.2, -0.15) is 9.78 Å². The number of para-hydroxylation sites is 1. The first-order chi connectivity index (χ1) is 17.7. The van der Waals surface area contributed by atoms with Crippen LogP contribution in [0.5, 0.6) is 11.5 Å². The molecule has 0 saturated carbocycles. The van der Waals surface area contributed by atoms with E-state index in [0.29, 0.717) is 46.2 Å². The maximum absolute atomic E-state index is 13.5. The summed E-state index contributed by atoms with van der Waals surface area (Å²) in [5.41, 5.74) is 1.71. The largest absolute Gasteiger partial charge is 0.493 e. The van der Waals surface area contributed by atoms with E-state index in [2.05, 4.69) is 41.8 Å². The summed E-state index contributed by atoms with van der Waals surface area (Å²) in [4.78, 5) is 18.2. The zero-order valence-electron chi connectivity index (χ0n) is 21.0. The third-order valence-electron chi connectivity index (χ3n) is 5.62. The molecule has 3 aromatic carbocycles. The molecule has 0 bridgehead atoms. The van der Waals surface area contributed by atoms with E-state index in [0.717, 1.165) is 15.4 Å². The summed E-state index contributed by atoms with van der Waals surface area (Å²) in [5.74, 6) is 1.98. The number of rotatable bonds is 6. The number of furan rings is 1. The van der Waals surface area contributed by atoms with Gasteiger partial charge in [0, 0.05) is 9.86 Å². The van der Waals surface area contributed by atoms with Gasteiger partial charge in [-0.15, -0.1) is 0 Å². The number of ether oxygens (including phenoxy) is 2. The number of hydrogen-bond acceptors (Lipinski definition) is 6. The van der Waals surface area contributed by atoms with Crippen LogP contribution in [0.1, 0.15) is 26.3 Å². The second-order valence-corrected chi connectivity index (χ2v) is 10.8. The van der Waals surface area contributed by atoms with Gasteiger partial charge in [0.15, 0.2) is 17.3 Å². The maximum atomic E-state index is 13.5. The molecule has 0 saturated heterocycles. The lowest BCUT2D eigenvalue weighted by molar-refractivity contribution is 0.191. The SMILES string of the molecule is COc1cc(C=Nn2c(-c3cc4cc(Br)ccc4o3)nc3ccccc3c2=O)ccc1OCC(C)(C)C. The number of methoxy groups -OCH3 is 1. The van der Waals surface area contributed by atoms with Crippen LogP contribution < -0.4 is 15.0 Å². The summed E-state index contributed by atoms with van der Waals surface area (Å²) >= 11 is 3.49. The summed E-state index contributed by atoms with van der Waals surface area (Å²) in [6.07, 6.45) is 1.59. The Labute approximate surface area is 222 Å². The predicted molar refractivity (Wildman–Crippen MR) is 150 cm³/mol. The van der Waals surface area contributed by atoms with E-state index in [1.807, 2.05) is 48.5 Å². The van der Waals surface area contributed by atoms with Gasteiger partial charge >= 0.3 is 0 Å². The molecule has 2 heterocycles. The standard InChI is InChI=1S/C29H26BrN3O4/c1-29(2,3)17-36-24-11-9-18(13-25(24)35-4)16-31-33-27(32-22-8-6-5-7-21(22)28(33)34)26-15-19-14-20(30)10-12-23(19)37-26/h5-16H,17H2,1-4H3. The van der Waals surface area contributed by atoms with E-state index in [1.54, 1.807) is 31.5 Å². The Morgan fingerprint density at radius 3 is 2.65 bits per heavy atom. The Hall–Kier alpha value is -3.91. The summed E-state index contributed by atoms with van der Waals surface area (Å²) in [7, 11) is 1.59. The Morgan fingerprint density at radius 2 is 1.86 bits per heavy atom. The molecule has 5 rings (SSSR count). The van der Waals surface area contributed by atoms with E-state index >= 15 is 0 Å². The van der Waals surface area contributed by atoms with Crippen molar-refractivity contribution in [1.29, 1.82) is 0 Å². The van der Waals surface area contributed by atoms with Crippen molar-refractivity contribution in [3.8, 4) is 23.1 Å². The van der Waals surface area contributed by atoms with E-state index < -0.39 is 0 Å². The average Bonchev–Trinajstić information content (AvgIpc) is 3.29. The van der Waals surface area contributed by atoms with Crippen molar-refractivity contribution in [1.82, 2.24) is 9.66 Å². The molecule has 0 radical (unpaired) electrons. The van der Waals surface area contributed by atoms with Crippen molar-refractivity contribution in [3.63, 3.8) is 0 Å². The quantitative estimate of drug-likeness (QED) is 0.212. The van der Waals surface area contributed by atoms with Crippen LogP contribution in [-0.2, 0) is 0 Å². The van der Waals surface area contributed by atoms with Crippen LogP contribution in [0.25, 0.3) is 33.5 Å². The van der Waals surface area contributed by atoms with Crippen LogP contribution in [0.2, 0.25) is 0 Å². The molecule has 0 fully saturated rings. The molecule has 0 unspecified atom stereocenters. The molecular formula is C29H26BrN3O4. The minimum atomic E-state index is -0.296. The fourth-order valence-corrected chi connectivity index (χ4v) is 4.20. The topological polar surface area (TPSA) is 78.9 Å². The van der Waals surface area contributed by atoms with Gasteiger partial charge in [0.05, 0.1) is 30.8 Å². The zero-order chi connectivity index (χ0) is 26.2. The third-order valence-corrected chi connectivity index (χ3v) is 6.12. The molecule has 0 N–H and O–H groups in total. The van der Waals surface area contributed by atoms with Gasteiger partial charge in [0.25, 0.3) is 5.56 Å². The molecule has 0 atom stereocenters. The maximum Gasteiger partial charge on any atom is 0.282 e. The van der Waals surface area contributed by atoms with Crippen LogP contribution in [-0.4, -0.2) is 29.6 Å². The van der Waals surface area contributed by atoms with Crippen molar-refractivity contribution in [3.05, 3.63) is 87.1 Å². The van der Waals surface area contributed by atoms with Gasteiger partial charge in [0.2, 0.25) is 5.82 Å². The Balaban J connectivity index is 1.59. The highest BCUT2D eigenvalue weighted by Crippen LogP contribution is 2.31. The monoisotopic (exact) mass is 559 g/mol. The van der Waals surface area contributed by atoms with Crippen LogP contribution >= 0.6 is 15.9 Å². The van der Waals surface area contributed by atoms with E-state index in [-0.39, 0.29) is 11.0 Å². The summed E-state index contributed by atoms with van der Waals surface area (Å²) in [6, 6.07) is 20.3. The first-order valence-electron chi connectivity index (χ1n) is 11.8. The first kappa shape index (κ1) is 24.8. The normalized spacial score (nSPS) is 12.0. The fraction of sp³-hybridized carbons (Fsp3) is 0.207. The van der Waals surface area contributed by atoms with Gasteiger partial charge in [-0.05, 0) is 65.6 Å². The molecule has 2 aromatic heterocycles. The fourth-order valence-electron chi connectivity index (χ4n) is 3.82. The molecule has 0 aliphatic carbocycles. The van der Waals surface area contributed by atoms with Crippen LogP contribution in [0.15, 0.2) is 85.5 Å². The summed E-state index contributed by atoms with van der Waals surface area (Å²) in [5, 5.41) is 5.88. The number of benzene rings is 3. The minimum Gasteiger partial charge on any atom is -0.493 e. The summed E-state index contributed by atoms with van der Waals surface area (Å²) < 4.78 is 19.7. The molecule has 37 heavy (non-hydrogen) atoms. The molecule has 0 aliphatic heterocycles. The van der Waals surface area contributed by atoms with Crippen LogP contribution in [0, 0.1) is 5.41 Å². The molecule has 0 aliphatic rings. The Morgan fingerprint density at radius 1 is 1.05 bits per heavy atom. The summed E-state index contributed by atoms with van der Waals surface area (Å²) in [6.45, 7) is 6.86. The molecule has 8 heteroatoms. The highest BCUT2D eigenvalue weighted by molar-refractivity contribution is 9.10. The van der Waals surface area contributed by atoms with E-state index in [4.69, 9.17) is 18.9 Å². The minimum absolute atomic E-state index is 0.0124. The van der Waals surface area contributed by atoms with Gasteiger partial charge in [-0.1, -0.05) is 48.8 Å². The predicted octanol–water partition coefficient (Wildman–Crippen LogP) is 6.89. The number of nitrogens with zero attached hydrogens (tertiary/aromatic N) is 3. The van der Waals surface area contributed by atoms with Crippen molar-refractivity contribution < 1.29 is 13.9 Å². The second kappa shape index (κ2) is 9.86. The highest BCUT2D eigenvalue weighted by atomic mass is 79.9. The molecule has 5 aromatic rings. The second-order valence-electron chi connectivity index (χ2n) is 9.87. The van der Waals surface area contributed by atoms with Crippen molar-refractivity contribution in [2.75, 3.05) is 13.7 Å². The van der Waals surface area contributed by atoms with E-state index in [1.165, 1.54) is 4.68 Å². The third kappa shape index (κ3) is 5.29. The number of halogens is 1. The highest BCUT2D eigenvalue weighted by Gasteiger charge is 2.17. The van der Waals surface area contributed by atoms with Gasteiger partial charge < -0.3 is 13.9 Å².